The van der Waals surface area contributed by atoms with Crippen LogP contribution >= 0.6 is 15.9 Å². The molecule has 0 aromatic heterocycles. The molecule has 0 saturated heterocycles. The SMILES string of the molecule is COc1ccc(C(CN)Nc2cc(C)c(Br)c(C)c2)cc1. The molecule has 0 saturated carbocycles. The maximum absolute atomic E-state index is 5.93. The molecule has 1 unspecified atom stereocenters. The molecule has 0 spiro atoms. The number of halogens is 1. The van der Waals surface area contributed by atoms with Crippen molar-refractivity contribution in [1.29, 1.82) is 0 Å². The maximum Gasteiger partial charge on any atom is 0.118 e. The third-order valence-electron chi connectivity index (χ3n) is 3.53. The van der Waals surface area contributed by atoms with E-state index in [-0.39, 0.29) is 6.04 Å². The van der Waals surface area contributed by atoms with Crippen LogP contribution in [0.3, 0.4) is 0 Å². The second kappa shape index (κ2) is 6.96. The molecule has 2 rings (SSSR count). The van der Waals surface area contributed by atoms with Crippen LogP contribution in [0.1, 0.15) is 22.7 Å². The summed E-state index contributed by atoms with van der Waals surface area (Å²) in [4.78, 5) is 0. The highest BCUT2D eigenvalue weighted by Crippen LogP contribution is 2.27. The van der Waals surface area contributed by atoms with E-state index < -0.39 is 0 Å². The number of nitrogens with two attached hydrogens (primary N) is 1. The van der Waals surface area contributed by atoms with Crippen molar-refractivity contribution in [2.24, 2.45) is 5.73 Å². The summed E-state index contributed by atoms with van der Waals surface area (Å²) in [5.74, 6) is 0.852. The molecule has 2 aromatic carbocycles. The smallest absolute Gasteiger partial charge is 0.118 e. The first kappa shape index (κ1) is 15.9. The molecule has 0 radical (unpaired) electrons. The van der Waals surface area contributed by atoms with Crippen LogP contribution < -0.4 is 15.8 Å². The van der Waals surface area contributed by atoms with Crippen molar-refractivity contribution >= 4 is 21.6 Å². The summed E-state index contributed by atoms with van der Waals surface area (Å²) in [5.41, 5.74) is 10.6. The van der Waals surface area contributed by atoms with Crippen LogP contribution in [0.4, 0.5) is 5.69 Å². The van der Waals surface area contributed by atoms with E-state index >= 15 is 0 Å². The van der Waals surface area contributed by atoms with Gasteiger partial charge < -0.3 is 15.8 Å². The highest BCUT2D eigenvalue weighted by molar-refractivity contribution is 9.10. The predicted octanol–water partition coefficient (Wildman–Crippen LogP) is 4.19. The van der Waals surface area contributed by atoms with Crippen LogP contribution in [0.15, 0.2) is 40.9 Å². The Kier molecular flexibility index (Phi) is 5.26. The van der Waals surface area contributed by atoms with Crippen molar-refractivity contribution in [3.05, 3.63) is 57.6 Å². The second-order valence-corrected chi connectivity index (χ2v) is 5.92. The van der Waals surface area contributed by atoms with Gasteiger partial charge in [0.15, 0.2) is 0 Å². The van der Waals surface area contributed by atoms with Crippen LogP contribution in [0.2, 0.25) is 0 Å². The Morgan fingerprint density at radius 1 is 1.14 bits per heavy atom. The lowest BCUT2D eigenvalue weighted by atomic mass is 10.1. The van der Waals surface area contributed by atoms with Crippen molar-refractivity contribution in [3.63, 3.8) is 0 Å². The van der Waals surface area contributed by atoms with Crippen molar-refractivity contribution in [2.75, 3.05) is 19.0 Å². The number of anilines is 1. The Balaban J connectivity index is 2.22. The topological polar surface area (TPSA) is 47.3 Å². The summed E-state index contributed by atoms with van der Waals surface area (Å²) in [7, 11) is 1.67. The lowest BCUT2D eigenvalue weighted by molar-refractivity contribution is 0.414. The van der Waals surface area contributed by atoms with Gasteiger partial charge in [-0.2, -0.15) is 0 Å². The Hall–Kier alpha value is -1.52. The molecule has 2 aromatic rings. The Morgan fingerprint density at radius 3 is 2.19 bits per heavy atom. The van der Waals surface area contributed by atoms with Gasteiger partial charge in [-0.3, -0.25) is 0 Å². The maximum atomic E-state index is 5.93. The highest BCUT2D eigenvalue weighted by Gasteiger charge is 2.11. The molecular formula is C17H21BrN2O. The molecule has 4 heteroatoms. The standard InChI is InChI=1S/C17H21BrN2O/c1-11-8-14(9-12(2)17(11)18)20-16(10-19)13-4-6-15(21-3)7-5-13/h4-9,16,20H,10,19H2,1-3H3. The number of nitrogens with one attached hydrogen (secondary N) is 1. The van der Waals surface area contributed by atoms with Gasteiger partial charge in [-0.25, -0.2) is 0 Å². The third kappa shape index (κ3) is 3.77. The molecule has 3 N–H and O–H groups in total. The minimum absolute atomic E-state index is 0.0795. The molecule has 0 aliphatic heterocycles. The number of benzene rings is 2. The number of rotatable bonds is 5. The summed E-state index contributed by atoms with van der Waals surface area (Å²) < 4.78 is 6.34. The van der Waals surface area contributed by atoms with Gasteiger partial charge in [-0.1, -0.05) is 28.1 Å². The van der Waals surface area contributed by atoms with Crippen molar-refractivity contribution < 1.29 is 4.74 Å². The molecule has 21 heavy (non-hydrogen) atoms. The Labute approximate surface area is 134 Å². The lowest BCUT2D eigenvalue weighted by Gasteiger charge is -2.20. The molecule has 0 heterocycles. The van der Waals surface area contributed by atoms with Gasteiger partial charge in [-0.05, 0) is 54.8 Å². The van der Waals surface area contributed by atoms with Crippen LogP contribution in [0.25, 0.3) is 0 Å². The number of hydrogen-bond acceptors (Lipinski definition) is 3. The van der Waals surface area contributed by atoms with Gasteiger partial charge in [0.1, 0.15) is 5.75 Å². The quantitative estimate of drug-likeness (QED) is 0.851. The van der Waals surface area contributed by atoms with Crippen LogP contribution in [0, 0.1) is 13.8 Å². The largest absolute Gasteiger partial charge is 0.497 e. The number of ether oxygens (including phenoxy) is 1. The van der Waals surface area contributed by atoms with Crippen molar-refractivity contribution in [3.8, 4) is 5.75 Å². The normalized spacial score (nSPS) is 12.0. The minimum Gasteiger partial charge on any atom is -0.497 e. The Bertz CT molecular complexity index is 588. The molecule has 0 aliphatic rings. The summed E-state index contributed by atoms with van der Waals surface area (Å²) in [6, 6.07) is 12.3. The predicted molar refractivity (Wildman–Crippen MR) is 92.0 cm³/mol. The van der Waals surface area contributed by atoms with Gasteiger partial charge in [0, 0.05) is 16.7 Å². The minimum atomic E-state index is 0.0795. The van der Waals surface area contributed by atoms with E-state index in [9.17, 15) is 0 Å². The van der Waals surface area contributed by atoms with Crippen molar-refractivity contribution in [2.45, 2.75) is 19.9 Å². The first-order valence-corrected chi connectivity index (χ1v) is 7.71. The van der Waals surface area contributed by atoms with E-state index in [1.807, 2.05) is 24.3 Å². The van der Waals surface area contributed by atoms with Gasteiger partial charge in [0.2, 0.25) is 0 Å². The average molecular weight is 349 g/mol. The first-order valence-electron chi connectivity index (χ1n) is 6.92. The summed E-state index contributed by atoms with van der Waals surface area (Å²) in [6.45, 7) is 4.71. The van der Waals surface area contributed by atoms with E-state index in [0.717, 1.165) is 21.5 Å². The van der Waals surface area contributed by atoms with E-state index in [0.29, 0.717) is 6.54 Å². The molecule has 0 bridgehead atoms. The lowest BCUT2D eigenvalue weighted by Crippen LogP contribution is -2.20. The van der Waals surface area contributed by atoms with Crippen LogP contribution in [0.5, 0.6) is 5.75 Å². The molecule has 1 atom stereocenters. The fraction of sp³-hybridized carbons (Fsp3) is 0.294. The molecule has 0 aliphatic carbocycles. The average Bonchev–Trinajstić information content (AvgIpc) is 2.50. The van der Waals surface area contributed by atoms with Crippen LogP contribution in [-0.4, -0.2) is 13.7 Å². The second-order valence-electron chi connectivity index (χ2n) is 5.13. The van der Waals surface area contributed by atoms with Crippen LogP contribution in [-0.2, 0) is 0 Å². The van der Waals surface area contributed by atoms with Gasteiger partial charge in [0.05, 0.1) is 13.2 Å². The highest BCUT2D eigenvalue weighted by atomic mass is 79.9. The van der Waals surface area contributed by atoms with Crippen molar-refractivity contribution in [1.82, 2.24) is 0 Å². The molecular weight excluding hydrogens is 328 g/mol. The first-order chi connectivity index (χ1) is 10.0. The zero-order valence-electron chi connectivity index (χ0n) is 12.6. The summed E-state index contributed by atoms with van der Waals surface area (Å²) in [5, 5.41) is 3.50. The molecule has 0 fully saturated rings. The van der Waals surface area contributed by atoms with E-state index in [1.54, 1.807) is 7.11 Å². The van der Waals surface area contributed by atoms with E-state index in [1.165, 1.54) is 11.1 Å². The van der Waals surface area contributed by atoms with Gasteiger partial charge in [-0.15, -0.1) is 0 Å². The van der Waals surface area contributed by atoms with E-state index in [2.05, 4.69) is 47.2 Å². The molecule has 112 valence electrons. The number of aryl methyl sites for hydroxylation is 2. The number of hydrogen-bond donors (Lipinski definition) is 2. The van der Waals surface area contributed by atoms with E-state index in [4.69, 9.17) is 10.5 Å². The fourth-order valence-corrected chi connectivity index (χ4v) is 2.57. The molecule has 3 nitrogen and oxygen atoms in total. The summed E-state index contributed by atoms with van der Waals surface area (Å²) >= 11 is 3.59. The third-order valence-corrected chi connectivity index (χ3v) is 4.78. The Morgan fingerprint density at radius 2 is 1.71 bits per heavy atom. The zero-order chi connectivity index (χ0) is 15.4. The number of methoxy groups -OCH3 is 1. The summed E-state index contributed by atoms with van der Waals surface area (Å²) in [6.07, 6.45) is 0. The fourth-order valence-electron chi connectivity index (χ4n) is 2.34. The molecule has 0 amide bonds. The monoisotopic (exact) mass is 348 g/mol. The zero-order valence-corrected chi connectivity index (χ0v) is 14.2. The van der Waals surface area contributed by atoms with Gasteiger partial charge >= 0.3 is 0 Å². The van der Waals surface area contributed by atoms with Gasteiger partial charge in [0.25, 0.3) is 0 Å².